The Balaban J connectivity index is 0.000000157. The third-order valence-electron chi connectivity index (χ3n) is 9.78. The van der Waals surface area contributed by atoms with Gasteiger partial charge in [0.05, 0.1) is 42.9 Å². The maximum absolute atomic E-state index is 13.0. The van der Waals surface area contributed by atoms with Gasteiger partial charge in [0.1, 0.15) is 20.2 Å². The Kier molecular flexibility index (Phi) is 9.20. The van der Waals surface area contributed by atoms with Gasteiger partial charge in [-0.25, -0.2) is 16.8 Å². The molecule has 0 atom stereocenters. The molecular formula is C40H22CaN4O10S2. The van der Waals surface area contributed by atoms with E-state index < -0.39 is 40.9 Å². The first-order valence-electron chi connectivity index (χ1n) is 16.7. The first-order chi connectivity index (χ1) is 26.7. The van der Waals surface area contributed by atoms with Crippen LogP contribution >= 0.6 is 0 Å². The summed E-state index contributed by atoms with van der Waals surface area (Å²) in [7, 11) is -9.56. The van der Waals surface area contributed by atoms with Crippen molar-refractivity contribution >= 4 is 145 Å². The van der Waals surface area contributed by atoms with Gasteiger partial charge in [0.25, 0.3) is 0 Å². The van der Waals surface area contributed by atoms with Crippen LogP contribution in [0, 0.1) is 0 Å². The summed E-state index contributed by atoms with van der Waals surface area (Å²) in [5.74, 6) is 0. The van der Waals surface area contributed by atoms with E-state index in [9.17, 15) is 45.1 Å². The van der Waals surface area contributed by atoms with Crippen molar-refractivity contribution in [1.82, 2.24) is 19.9 Å². The molecule has 17 heteroatoms. The van der Waals surface area contributed by atoms with Gasteiger partial charge in [0.15, 0.2) is 21.7 Å². The molecule has 10 aromatic rings. The predicted molar refractivity (Wildman–Crippen MR) is 217 cm³/mol. The Labute approximate surface area is 348 Å². The largest absolute Gasteiger partial charge is 2.00 e. The second-order valence-electron chi connectivity index (χ2n) is 13.1. The van der Waals surface area contributed by atoms with Crippen LogP contribution in [0.2, 0.25) is 0 Å². The number of pyridine rings is 4. The monoisotopic (exact) mass is 822 g/mol. The van der Waals surface area contributed by atoms with E-state index in [2.05, 4.69) is 19.9 Å². The Bertz CT molecular complexity index is 3620. The molecule has 0 aliphatic rings. The second kappa shape index (κ2) is 13.7. The molecule has 0 aliphatic heterocycles. The summed E-state index contributed by atoms with van der Waals surface area (Å²) in [6, 6.07) is 28.1. The van der Waals surface area contributed by atoms with Gasteiger partial charge in [-0.1, -0.05) is 36.4 Å². The topological polar surface area (TPSA) is 246 Å². The quantitative estimate of drug-likeness (QED) is 0.106. The fourth-order valence-corrected chi connectivity index (χ4v) is 8.51. The first kappa shape index (κ1) is 38.2. The molecule has 0 bridgehead atoms. The van der Waals surface area contributed by atoms with Crippen molar-refractivity contribution in [3.63, 3.8) is 0 Å². The maximum Gasteiger partial charge on any atom is 2.00 e. The number of para-hydroxylation sites is 4. The number of hydrogen-bond acceptors (Lipinski definition) is 10. The molecule has 14 nitrogen and oxygen atoms in total. The molecule has 4 aromatic heterocycles. The minimum atomic E-state index is -4.78. The number of hydrogen-bond donors (Lipinski definition) is 4. The van der Waals surface area contributed by atoms with Crippen molar-refractivity contribution in [2.24, 2.45) is 0 Å². The van der Waals surface area contributed by atoms with E-state index in [0.717, 1.165) is 12.1 Å². The molecule has 0 amide bonds. The number of H-pyrrole nitrogens is 4. The zero-order valence-corrected chi connectivity index (χ0v) is 32.8. The van der Waals surface area contributed by atoms with Crippen LogP contribution in [-0.2, 0) is 20.2 Å². The SMILES string of the molecule is O=c1c2ccccc2[nH]c2cc3c(=O)c4cccc(S(=O)(=O)[O-])c4[nH]c3cc12.O=c1c2ccccc2[nH]c2cc3c(=O)c4cccc(S(=O)(=O)[O-])c4[nH]c3cc12.[Ca+2]. The summed E-state index contributed by atoms with van der Waals surface area (Å²) in [4.78, 5) is 62.6. The average molecular weight is 823 g/mol. The molecule has 276 valence electrons. The Morgan fingerprint density at radius 1 is 0.351 bits per heavy atom. The van der Waals surface area contributed by atoms with Crippen LogP contribution in [0.1, 0.15) is 0 Å². The maximum atomic E-state index is 13.0. The third-order valence-corrected chi connectivity index (χ3v) is 11.5. The van der Waals surface area contributed by atoms with Gasteiger partial charge in [-0.05, 0) is 72.8 Å². The van der Waals surface area contributed by atoms with E-state index in [1.807, 2.05) is 0 Å². The number of rotatable bonds is 2. The summed E-state index contributed by atoms with van der Waals surface area (Å²) in [5, 5.41) is 2.45. The van der Waals surface area contributed by atoms with Crippen LogP contribution in [0.3, 0.4) is 0 Å². The van der Waals surface area contributed by atoms with Gasteiger partial charge in [-0.3, -0.25) is 19.2 Å². The fraction of sp³-hybridized carbons (Fsp3) is 0. The molecule has 4 heterocycles. The molecule has 0 aliphatic carbocycles. The average Bonchev–Trinajstić information content (AvgIpc) is 3.17. The van der Waals surface area contributed by atoms with Crippen LogP contribution in [0.4, 0.5) is 0 Å². The van der Waals surface area contributed by atoms with Crippen LogP contribution in [0.25, 0.3) is 87.2 Å². The summed E-state index contributed by atoms with van der Waals surface area (Å²) in [6.45, 7) is 0. The van der Waals surface area contributed by atoms with Gasteiger partial charge < -0.3 is 29.0 Å². The number of benzene rings is 6. The third kappa shape index (κ3) is 6.31. The van der Waals surface area contributed by atoms with Crippen molar-refractivity contribution in [2.45, 2.75) is 9.79 Å². The van der Waals surface area contributed by atoms with E-state index in [1.165, 1.54) is 36.4 Å². The Morgan fingerprint density at radius 3 is 1.00 bits per heavy atom. The molecule has 0 unspecified atom stereocenters. The molecule has 0 saturated heterocycles. The number of aromatic nitrogens is 4. The normalized spacial score (nSPS) is 12.1. The van der Waals surface area contributed by atoms with Gasteiger partial charge in [0, 0.05) is 54.1 Å². The minimum Gasteiger partial charge on any atom is -0.744 e. The van der Waals surface area contributed by atoms with Gasteiger partial charge in [-0.15, -0.1) is 0 Å². The van der Waals surface area contributed by atoms with Crippen LogP contribution in [0.5, 0.6) is 0 Å². The smallest absolute Gasteiger partial charge is 0.744 e. The molecular weight excluding hydrogens is 801 g/mol. The summed E-state index contributed by atoms with van der Waals surface area (Å²) < 4.78 is 69.4. The molecule has 0 saturated carbocycles. The van der Waals surface area contributed by atoms with Crippen molar-refractivity contribution in [3.8, 4) is 0 Å². The fourth-order valence-electron chi connectivity index (χ4n) is 7.20. The van der Waals surface area contributed by atoms with Crippen LogP contribution < -0.4 is 21.7 Å². The molecule has 0 spiro atoms. The number of aromatic amines is 4. The number of fused-ring (bicyclic) bond motifs is 8. The van der Waals surface area contributed by atoms with E-state index in [4.69, 9.17) is 0 Å². The van der Waals surface area contributed by atoms with Gasteiger partial charge in [-0.2, -0.15) is 0 Å². The standard InChI is InChI=1S/2C20H12N2O5S.Ca/c2*23-19-10-4-1-2-6-14(10)21-15-8-13-16(9-12(15)19)22-18-11(20(13)24)5-3-7-17(18)28(25,26)27;/h2*1-9H,(H,21,23)(H,22,24)(H,25,26,27);/q;;+2/p-2. The van der Waals surface area contributed by atoms with Gasteiger partial charge >= 0.3 is 37.7 Å². The van der Waals surface area contributed by atoms with Crippen LogP contribution in [-0.4, -0.2) is 83.6 Å². The second-order valence-corrected chi connectivity index (χ2v) is 15.8. The molecule has 10 rings (SSSR count). The Hall–Kier alpha value is -5.72. The summed E-state index contributed by atoms with van der Waals surface area (Å²) >= 11 is 0. The first-order valence-corrected chi connectivity index (χ1v) is 19.5. The van der Waals surface area contributed by atoms with Crippen LogP contribution in [0.15, 0.2) is 138 Å². The predicted octanol–water partition coefficient (Wildman–Crippen LogP) is 4.78. The summed E-state index contributed by atoms with van der Waals surface area (Å²) in [5.41, 5.74) is 1.45. The van der Waals surface area contributed by atoms with E-state index in [-0.39, 0.29) is 92.2 Å². The van der Waals surface area contributed by atoms with Crippen molar-refractivity contribution in [3.05, 3.63) is 150 Å². The van der Waals surface area contributed by atoms with Crippen molar-refractivity contribution in [2.75, 3.05) is 0 Å². The number of nitrogens with one attached hydrogen (secondary N) is 4. The van der Waals surface area contributed by atoms with E-state index in [0.29, 0.717) is 43.6 Å². The molecule has 57 heavy (non-hydrogen) atoms. The molecule has 0 radical (unpaired) electrons. The van der Waals surface area contributed by atoms with Gasteiger partial charge in [0.2, 0.25) is 0 Å². The zero-order valence-electron chi connectivity index (χ0n) is 29.0. The molecule has 0 fully saturated rings. The Morgan fingerprint density at radius 2 is 0.649 bits per heavy atom. The molecule has 4 N–H and O–H groups in total. The molecule has 6 aromatic carbocycles. The zero-order chi connectivity index (χ0) is 39.3. The van der Waals surface area contributed by atoms with Crippen molar-refractivity contribution in [1.29, 1.82) is 0 Å². The van der Waals surface area contributed by atoms with Crippen molar-refractivity contribution < 1.29 is 25.9 Å². The van der Waals surface area contributed by atoms with E-state index >= 15 is 0 Å². The van der Waals surface area contributed by atoms with E-state index in [1.54, 1.807) is 60.7 Å². The summed E-state index contributed by atoms with van der Waals surface area (Å²) in [6.07, 6.45) is 0. The minimum absolute atomic E-state index is 0.